The summed E-state index contributed by atoms with van der Waals surface area (Å²) in [6, 6.07) is 12.3. The van der Waals surface area contributed by atoms with E-state index in [0.717, 1.165) is 41.2 Å². The molecule has 0 N–H and O–H groups in total. The Balaban J connectivity index is 1.76. The maximum atomic E-state index is 13.0. The third-order valence-corrected chi connectivity index (χ3v) is 6.41. The van der Waals surface area contributed by atoms with Crippen LogP contribution in [0.25, 0.3) is 0 Å². The van der Waals surface area contributed by atoms with Gasteiger partial charge in [0.2, 0.25) is 5.91 Å². The summed E-state index contributed by atoms with van der Waals surface area (Å²) in [6.07, 6.45) is 1.30. The van der Waals surface area contributed by atoms with Crippen LogP contribution in [-0.4, -0.2) is 37.3 Å². The lowest BCUT2D eigenvalue weighted by molar-refractivity contribution is -0.129. The van der Waals surface area contributed by atoms with Gasteiger partial charge in [-0.2, -0.15) is 0 Å². The smallest absolute Gasteiger partial charge is 0.224 e. The van der Waals surface area contributed by atoms with Crippen molar-refractivity contribution in [2.24, 2.45) is 4.99 Å². The molecule has 3 aliphatic rings. The van der Waals surface area contributed by atoms with Gasteiger partial charge in [-0.3, -0.25) is 9.79 Å². The zero-order valence-corrected chi connectivity index (χ0v) is 15.8. The Bertz CT molecular complexity index is 997. The third-order valence-electron chi connectivity index (χ3n) is 6.41. The van der Waals surface area contributed by atoms with Gasteiger partial charge in [0.15, 0.2) is 11.5 Å². The molecule has 0 bridgehead atoms. The topological polar surface area (TPSA) is 51.1 Å². The molecule has 1 amide bonds. The van der Waals surface area contributed by atoms with Gasteiger partial charge in [-0.15, -0.1) is 0 Å². The predicted molar refractivity (Wildman–Crippen MR) is 103 cm³/mol. The highest BCUT2D eigenvalue weighted by molar-refractivity contribution is 6.06. The minimum atomic E-state index is -0.400. The first kappa shape index (κ1) is 16.4. The summed E-state index contributed by atoms with van der Waals surface area (Å²) >= 11 is 0. The van der Waals surface area contributed by atoms with Crippen LogP contribution in [0.5, 0.6) is 11.5 Å². The Morgan fingerprint density at radius 2 is 1.89 bits per heavy atom. The van der Waals surface area contributed by atoms with Crippen molar-refractivity contribution in [1.82, 2.24) is 4.90 Å². The van der Waals surface area contributed by atoms with E-state index in [4.69, 9.17) is 14.5 Å². The second-order valence-corrected chi connectivity index (χ2v) is 7.51. The van der Waals surface area contributed by atoms with Gasteiger partial charge in [-0.1, -0.05) is 18.2 Å². The highest BCUT2D eigenvalue weighted by Gasteiger charge is 2.59. The first-order valence-electron chi connectivity index (χ1n) is 9.29. The molecule has 2 atom stereocenters. The summed E-state index contributed by atoms with van der Waals surface area (Å²) in [6.45, 7) is 2.79. The Hall–Kier alpha value is -2.82. The van der Waals surface area contributed by atoms with E-state index < -0.39 is 5.41 Å². The number of ether oxygens (including phenoxy) is 2. The lowest BCUT2D eigenvalue weighted by Gasteiger charge is -2.40. The zero-order chi connectivity index (χ0) is 18.8. The van der Waals surface area contributed by atoms with E-state index in [9.17, 15) is 4.79 Å². The zero-order valence-electron chi connectivity index (χ0n) is 15.8. The number of amides is 1. The molecule has 2 aromatic rings. The first-order chi connectivity index (χ1) is 13.1. The van der Waals surface area contributed by atoms with E-state index in [1.54, 1.807) is 14.2 Å². The van der Waals surface area contributed by atoms with Crippen LogP contribution in [0.4, 0.5) is 5.69 Å². The van der Waals surface area contributed by atoms with Gasteiger partial charge in [0.05, 0.1) is 31.4 Å². The van der Waals surface area contributed by atoms with E-state index in [-0.39, 0.29) is 11.9 Å². The van der Waals surface area contributed by atoms with Crippen LogP contribution in [0.2, 0.25) is 0 Å². The number of nitrogens with zero attached hydrogens (tertiary/aromatic N) is 2. The third kappa shape index (κ3) is 2.00. The van der Waals surface area contributed by atoms with Crippen molar-refractivity contribution >= 4 is 17.3 Å². The Kier molecular flexibility index (Phi) is 3.39. The van der Waals surface area contributed by atoms with E-state index in [2.05, 4.69) is 25.1 Å². The molecular formula is C22H22N2O3. The van der Waals surface area contributed by atoms with E-state index in [1.807, 2.05) is 23.1 Å². The van der Waals surface area contributed by atoms with Gasteiger partial charge < -0.3 is 14.4 Å². The lowest BCUT2D eigenvalue weighted by atomic mass is 9.68. The molecule has 2 aromatic carbocycles. The second kappa shape index (κ2) is 5.59. The highest BCUT2D eigenvalue weighted by atomic mass is 16.5. The molecule has 27 heavy (non-hydrogen) atoms. The molecule has 0 radical (unpaired) electrons. The van der Waals surface area contributed by atoms with Crippen LogP contribution in [-0.2, 0) is 16.6 Å². The van der Waals surface area contributed by atoms with Crippen LogP contribution < -0.4 is 9.47 Å². The number of benzene rings is 2. The molecule has 3 aliphatic heterocycles. The minimum absolute atomic E-state index is 0.0547. The van der Waals surface area contributed by atoms with E-state index in [0.29, 0.717) is 12.2 Å². The monoisotopic (exact) mass is 362 g/mol. The van der Waals surface area contributed by atoms with Gasteiger partial charge in [-0.25, -0.2) is 0 Å². The molecule has 0 saturated carbocycles. The largest absolute Gasteiger partial charge is 0.493 e. The summed E-state index contributed by atoms with van der Waals surface area (Å²) in [5.74, 6) is 1.64. The Morgan fingerprint density at radius 3 is 2.67 bits per heavy atom. The number of rotatable bonds is 2. The molecule has 3 heterocycles. The van der Waals surface area contributed by atoms with Crippen molar-refractivity contribution in [2.45, 2.75) is 31.2 Å². The molecule has 1 fully saturated rings. The summed E-state index contributed by atoms with van der Waals surface area (Å²) < 4.78 is 11.1. The van der Waals surface area contributed by atoms with Gasteiger partial charge in [0.25, 0.3) is 0 Å². The van der Waals surface area contributed by atoms with Crippen molar-refractivity contribution < 1.29 is 14.3 Å². The minimum Gasteiger partial charge on any atom is -0.493 e. The van der Waals surface area contributed by atoms with Crippen molar-refractivity contribution in [3.05, 3.63) is 53.1 Å². The number of fused-ring (bicyclic) bond motifs is 6. The number of carbonyl (C=O) groups is 1. The number of carbonyl (C=O) groups excluding carboxylic acids is 1. The van der Waals surface area contributed by atoms with Crippen LogP contribution in [0.1, 0.15) is 36.1 Å². The summed E-state index contributed by atoms with van der Waals surface area (Å²) in [5, 5.41) is 0. The summed E-state index contributed by atoms with van der Waals surface area (Å²) in [7, 11) is 3.31. The predicted octanol–water partition coefficient (Wildman–Crippen LogP) is 3.58. The van der Waals surface area contributed by atoms with Crippen molar-refractivity contribution in [3.63, 3.8) is 0 Å². The highest BCUT2D eigenvalue weighted by Crippen LogP contribution is 2.58. The molecule has 5 heteroatoms. The molecule has 0 unspecified atom stereocenters. The Labute approximate surface area is 158 Å². The molecule has 5 nitrogen and oxygen atoms in total. The molecule has 1 saturated heterocycles. The number of hydrogen-bond acceptors (Lipinski definition) is 4. The SMILES string of the molecule is COc1cc2c(cc1OC)[C@H]1N(CC2)C(=O)C[C@]12C(C)=Nc1ccccc12. The van der Waals surface area contributed by atoms with Crippen molar-refractivity contribution in [3.8, 4) is 11.5 Å². The average molecular weight is 362 g/mol. The van der Waals surface area contributed by atoms with Crippen LogP contribution in [0, 0.1) is 0 Å². The number of methoxy groups -OCH3 is 2. The molecular weight excluding hydrogens is 340 g/mol. The standard InChI is InChI=1S/C22H22N2O3/c1-13-22(16-6-4-5-7-17(16)23-13)12-20(25)24-9-8-14-10-18(26-2)19(27-3)11-15(14)21(22)24/h4-7,10-11,21H,8-9,12H2,1-3H3/t21-,22-/m1/s1. The fourth-order valence-electron chi connectivity index (χ4n) is 5.17. The quantitative estimate of drug-likeness (QED) is 0.821. The van der Waals surface area contributed by atoms with Gasteiger partial charge in [0.1, 0.15) is 0 Å². The first-order valence-corrected chi connectivity index (χ1v) is 9.29. The maximum absolute atomic E-state index is 13.0. The number of hydrogen-bond donors (Lipinski definition) is 0. The fraction of sp³-hybridized carbons (Fsp3) is 0.364. The molecule has 1 spiro atoms. The second-order valence-electron chi connectivity index (χ2n) is 7.51. The van der Waals surface area contributed by atoms with Gasteiger partial charge in [0, 0.05) is 18.7 Å². The maximum Gasteiger partial charge on any atom is 0.224 e. The summed E-state index contributed by atoms with van der Waals surface area (Å²) in [4.78, 5) is 19.9. The number of para-hydroxylation sites is 1. The van der Waals surface area contributed by atoms with Crippen LogP contribution >= 0.6 is 0 Å². The number of aliphatic imine (C=N–C) groups is 1. The van der Waals surface area contributed by atoms with Crippen LogP contribution in [0.3, 0.4) is 0 Å². The lowest BCUT2D eigenvalue weighted by Crippen LogP contribution is -2.42. The van der Waals surface area contributed by atoms with Crippen molar-refractivity contribution in [2.75, 3.05) is 20.8 Å². The van der Waals surface area contributed by atoms with Crippen LogP contribution in [0.15, 0.2) is 41.4 Å². The Morgan fingerprint density at radius 1 is 1.15 bits per heavy atom. The van der Waals surface area contributed by atoms with E-state index >= 15 is 0 Å². The fourth-order valence-corrected chi connectivity index (χ4v) is 5.17. The van der Waals surface area contributed by atoms with Crippen molar-refractivity contribution in [1.29, 1.82) is 0 Å². The normalized spacial score (nSPS) is 25.1. The van der Waals surface area contributed by atoms with Gasteiger partial charge >= 0.3 is 0 Å². The molecule has 0 aromatic heterocycles. The molecule has 0 aliphatic carbocycles. The molecule has 138 valence electrons. The van der Waals surface area contributed by atoms with E-state index in [1.165, 1.54) is 5.56 Å². The van der Waals surface area contributed by atoms with Gasteiger partial charge in [-0.05, 0) is 48.2 Å². The average Bonchev–Trinajstić information content (AvgIpc) is 3.15. The summed E-state index contributed by atoms with van der Waals surface area (Å²) in [5.41, 5.74) is 5.13. The molecule has 5 rings (SSSR count).